The summed E-state index contributed by atoms with van der Waals surface area (Å²) in [6.07, 6.45) is 0. The van der Waals surface area contributed by atoms with Crippen molar-refractivity contribution in [1.82, 2.24) is 20.4 Å². The van der Waals surface area contributed by atoms with E-state index in [1.54, 1.807) is 33.0 Å². The number of hydrogen-bond donors (Lipinski definition) is 2. The molecule has 1 atom stereocenters. The average molecular weight is 374 g/mol. The molecule has 0 spiro atoms. The van der Waals surface area contributed by atoms with E-state index in [2.05, 4.69) is 10.6 Å². The van der Waals surface area contributed by atoms with Gasteiger partial charge in [-0.25, -0.2) is 9.59 Å². The van der Waals surface area contributed by atoms with Gasteiger partial charge < -0.3 is 20.3 Å². The summed E-state index contributed by atoms with van der Waals surface area (Å²) in [5.41, 5.74) is 1.55. The van der Waals surface area contributed by atoms with Gasteiger partial charge in [-0.2, -0.15) is 0 Å². The Morgan fingerprint density at radius 2 is 1.81 bits per heavy atom. The highest BCUT2D eigenvalue weighted by molar-refractivity contribution is 5.95. The predicted octanol–water partition coefficient (Wildman–Crippen LogP) is 0.878. The molecule has 1 aromatic rings. The number of likely N-dealkylation sites (N-methyl/N-ethyl adjacent to an activating group) is 2. The lowest BCUT2D eigenvalue weighted by Gasteiger charge is -2.31. The normalized spacial score (nSPS) is 16.6. The van der Waals surface area contributed by atoms with E-state index in [0.717, 1.165) is 5.56 Å². The minimum absolute atomic E-state index is 0.0735. The Morgan fingerprint density at radius 3 is 2.41 bits per heavy atom. The molecule has 3 amide bonds. The van der Waals surface area contributed by atoms with Crippen LogP contribution in [0.2, 0.25) is 0 Å². The van der Waals surface area contributed by atoms with Gasteiger partial charge in [0.2, 0.25) is 5.91 Å². The van der Waals surface area contributed by atoms with Gasteiger partial charge in [-0.15, -0.1) is 0 Å². The van der Waals surface area contributed by atoms with E-state index < -0.39 is 18.0 Å². The molecule has 1 aliphatic rings. The monoisotopic (exact) mass is 374 g/mol. The maximum atomic E-state index is 12.6. The summed E-state index contributed by atoms with van der Waals surface area (Å²) in [7, 11) is 5.11. The lowest BCUT2D eigenvalue weighted by atomic mass is 9.95. The molecule has 8 heteroatoms. The summed E-state index contributed by atoms with van der Waals surface area (Å²) in [6, 6.07) is 8.20. The number of esters is 1. The number of amides is 3. The maximum Gasteiger partial charge on any atom is 0.338 e. The topological polar surface area (TPSA) is 91.0 Å². The summed E-state index contributed by atoms with van der Waals surface area (Å²) in [6.45, 7) is 2.34. The van der Waals surface area contributed by atoms with Crippen molar-refractivity contribution in [2.75, 3.05) is 40.8 Å². The first-order valence-electron chi connectivity index (χ1n) is 8.74. The fourth-order valence-corrected chi connectivity index (χ4v) is 2.79. The smallest absolute Gasteiger partial charge is 0.338 e. The lowest BCUT2D eigenvalue weighted by Crippen LogP contribution is -2.48. The van der Waals surface area contributed by atoms with E-state index >= 15 is 0 Å². The first-order valence-corrected chi connectivity index (χ1v) is 8.74. The van der Waals surface area contributed by atoms with Gasteiger partial charge in [0.1, 0.15) is 0 Å². The molecular weight excluding hydrogens is 348 g/mol. The third kappa shape index (κ3) is 5.30. The number of rotatable bonds is 7. The van der Waals surface area contributed by atoms with Crippen molar-refractivity contribution in [2.24, 2.45) is 0 Å². The van der Waals surface area contributed by atoms with Gasteiger partial charge in [-0.05, 0) is 19.5 Å². The standard InChI is InChI=1S/C19H26N4O4/c1-5-27-18(25)16-14(11-23(4)12-15(24)22(2)3)20-19(26)21-17(16)13-9-7-6-8-10-13/h6-10,17H,5,11-12H2,1-4H3,(H2,20,21,26)/t17-/m1/s1. The van der Waals surface area contributed by atoms with Gasteiger partial charge in [-0.1, -0.05) is 30.3 Å². The lowest BCUT2D eigenvalue weighted by molar-refractivity contribution is -0.139. The fourth-order valence-electron chi connectivity index (χ4n) is 2.79. The molecule has 0 saturated heterocycles. The highest BCUT2D eigenvalue weighted by Gasteiger charge is 2.34. The van der Waals surface area contributed by atoms with Gasteiger partial charge in [0.15, 0.2) is 0 Å². The molecule has 1 heterocycles. The number of urea groups is 1. The Labute approximate surface area is 159 Å². The van der Waals surface area contributed by atoms with E-state index in [9.17, 15) is 14.4 Å². The van der Waals surface area contributed by atoms with Gasteiger partial charge in [0.25, 0.3) is 0 Å². The zero-order valence-corrected chi connectivity index (χ0v) is 16.1. The van der Waals surface area contributed by atoms with E-state index in [1.807, 2.05) is 30.3 Å². The van der Waals surface area contributed by atoms with Crippen LogP contribution in [0.5, 0.6) is 0 Å². The average Bonchev–Trinajstić information content (AvgIpc) is 2.61. The van der Waals surface area contributed by atoms with E-state index in [4.69, 9.17) is 4.74 Å². The van der Waals surface area contributed by atoms with Crippen LogP contribution in [0, 0.1) is 0 Å². The second-order valence-electron chi connectivity index (χ2n) is 6.52. The first kappa shape index (κ1) is 20.4. The molecule has 0 bridgehead atoms. The Morgan fingerprint density at radius 1 is 1.15 bits per heavy atom. The Bertz CT molecular complexity index is 730. The van der Waals surface area contributed by atoms with Gasteiger partial charge in [0, 0.05) is 26.3 Å². The maximum absolute atomic E-state index is 12.6. The molecule has 1 aliphatic heterocycles. The van der Waals surface area contributed by atoms with Crippen molar-refractivity contribution in [1.29, 1.82) is 0 Å². The molecule has 1 aromatic carbocycles. The molecule has 8 nitrogen and oxygen atoms in total. The van der Waals surface area contributed by atoms with Gasteiger partial charge in [0.05, 0.1) is 24.8 Å². The van der Waals surface area contributed by atoms with Crippen LogP contribution in [-0.2, 0) is 14.3 Å². The number of hydrogen-bond acceptors (Lipinski definition) is 5. The van der Waals surface area contributed by atoms with Crippen LogP contribution in [0.15, 0.2) is 41.6 Å². The quantitative estimate of drug-likeness (QED) is 0.692. The molecule has 27 heavy (non-hydrogen) atoms. The SMILES string of the molecule is CCOC(=O)C1=C(CN(C)CC(=O)N(C)C)NC(=O)N[C@@H]1c1ccccc1. The summed E-state index contributed by atoms with van der Waals surface area (Å²) < 4.78 is 5.22. The number of nitrogens with zero attached hydrogens (tertiary/aromatic N) is 2. The van der Waals surface area contributed by atoms with Gasteiger partial charge in [-0.3, -0.25) is 9.69 Å². The fraction of sp³-hybridized carbons (Fsp3) is 0.421. The molecule has 0 unspecified atom stereocenters. The Kier molecular flexibility index (Phi) is 6.95. The number of carbonyl (C=O) groups is 3. The third-order valence-corrected chi connectivity index (χ3v) is 4.11. The molecule has 0 aromatic heterocycles. The van der Waals surface area contributed by atoms with E-state index in [0.29, 0.717) is 11.3 Å². The molecule has 0 saturated carbocycles. The zero-order chi connectivity index (χ0) is 20.0. The molecule has 0 fully saturated rings. The predicted molar refractivity (Wildman–Crippen MR) is 101 cm³/mol. The minimum Gasteiger partial charge on any atom is -0.463 e. The van der Waals surface area contributed by atoms with Crippen molar-refractivity contribution in [2.45, 2.75) is 13.0 Å². The highest BCUT2D eigenvalue weighted by Crippen LogP contribution is 2.27. The van der Waals surface area contributed by atoms with Crippen LogP contribution < -0.4 is 10.6 Å². The van der Waals surface area contributed by atoms with Crippen LogP contribution in [0.3, 0.4) is 0 Å². The van der Waals surface area contributed by atoms with Crippen LogP contribution in [0.4, 0.5) is 4.79 Å². The summed E-state index contributed by atoms with van der Waals surface area (Å²) in [5, 5.41) is 5.48. The summed E-state index contributed by atoms with van der Waals surface area (Å²) in [4.78, 5) is 40.0. The molecular formula is C19H26N4O4. The van der Waals surface area contributed by atoms with Crippen LogP contribution in [0.1, 0.15) is 18.5 Å². The third-order valence-electron chi connectivity index (χ3n) is 4.11. The highest BCUT2D eigenvalue weighted by atomic mass is 16.5. The molecule has 0 aliphatic carbocycles. The number of ether oxygens (including phenoxy) is 1. The van der Waals surface area contributed by atoms with Gasteiger partial charge >= 0.3 is 12.0 Å². The molecule has 2 N–H and O–H groups in total. The molecule has 2 rings (SSSR count). The first-order chi connectivity index (χ1) is 12.8. The molecule has 146 valence electrons. The van der Waals surface area contributed by atoms with Crippen molar-refractivity contribution in [3.63, 3.8) is 0 Å². The van der Waals surface area contributed by atoms with Crippen molar-refractivity contribution >= 4 is 17.9 Å². The van der Waals surface area contributed by atoms with Crippen molar-refractivity contribution in [3.8, 4) is 0 Å². The number of carbonyl (C=O) groups excluding carboxylic acids is 3. The van der Waals surface area contributed by atoms with E-state index in [-0.39, 0.29) is 25.6 Å². The summed E-state index contributed by atoms with van der Waals surface area (Å²) >= 11 is 0. The van der Waals surface area contributed by atoms with Crippen molar-refractivity contribution < 1.29 is 19.1 Å². The zero-order valence-electron chi connectivity index (χ0n) is 16.1. The Balaban J connectivity index is 2.37. The number of benzene rings is 1. The van der Waals surface area contributed by atoms with Crippen LogP contribution in [-0.4, -0.2) is 68.5 Å². The number of nitrogens with one attached hydrogen (secondary N) is 2. The minimum atomic E-state index is -0.619. The molecule has 0 radical (unpaired) electrons. The van der Waals surface area contributed by atoms with Crippen LogP contribution >= 0.6 is 0 Å². The second-order valence-corrected chi connectivity index (χ2v) is 6.52. The summed E-state index contributed by atoms with van der Waals surface area (Å²) in [5.74, 6) is -0.572. The van der Waals surface area contributed by atoms with Crippen molar-refractivity contribution in [3.05, 3.63) is 47.2 Å². The Hall–Kier alpha value is -2.87. The van der Waals surface area contributed by atoms with Crippen LogP contribution in [0.25, 0.3) is 0 Å². The largest absolute Gasteiger partial charge is 0.463 e. The van der Waals surface area contributed by atoms with E-state index in [1.165, 1.54) is 4.90 Å². The second kappa shape index (κ2) is 9.18.